The van der Waals surface area contributed by atoms with Crippen molar-refractivity contribution in [3.8, 4) is 12.3 Å². The Kier molecular flexibility index (Phi) is 10.7. The fourth-order valence-corrected chi connectivity index (χ4v) is 3.46. The number of carbonyl (C=O) groups excluding carboxylic acids is 5. The molecule has 0 bridgehead atoms. The molecular formula is C26H36N4O7. The lowest BCUT2D eigenvalue weighted by Gasteiger charge is -2.43. The molecular weight excluding hydrogens is 480 g/mol. The summed E-state index contributed by atoms with van der Waals surface area (Å²) in [5.74, 6) is -0.588. The van der Waals surface area contributed by atoms with E-state index in [1.54, 1.807) is 65.8 Å². The number of terminal acetylenes is 1. The Balaban J connectivity index is 3.66. The van der Waals surface area contributed by atoms with Gasteiger partial charge in [-0.2, -0.15) is 0 Å². The molecule has 0 aliphatic rings. The first-order chi connectivity index (χ1) is 17.0. The van der Waals surface area contributed by atoms with Gasteiger partial charge in [0.2, 0.25) is 17.7 Å². The number of benzene rings is 1. The van der Waals surface area contributed by atoms with E-state index in [2.05, 4.69) is 21.3 Å². The number of primary amides is 1. The number of hydrogen-bond donors (Lipinski definition) is 3. The van der Waals surface area contributed by atoms with Crippen LogP contribution in [-0.2, 0) is 28.7 Å². The van der Waals surface area contributed by atoms with E-state index < -0.39 is 66.0 Å². The molecule has 0 heterocycles. The molecule has 37 heavy (non-hydrogen) atoms. The summed E-state index contributed by atoms with van der Waals surface area (Å²) in [6.45, 7) is 9.44. The summed E-state index contributed by atoms with van der Waals surface area (Å²) in [4.78, 5) is 64.7. The number of nitrogens with two attached hydrogens (primary N) is 1. The SMILES string of the molecule is C#Cc1ccccc1C(C(=O)NCC(=O)OC)N(C(=O)C(CC(N)=O)NC(=O)OC(C)(C)C)C(C)(C)C. The maximum atomic E-state index is 14.0. The van der Waals surface area contributed by atoms with Crippen LogP contribution in [0.1, 0.15) is 65.1 Å². The first-order valence-corrected chi connectivity index (χ1v) is 11.5. The first kappa shape index (κ1) is 31.0. The van der Waals surface area contributed by atoms with Crippen LogP contribution in [0.4, 0.5) is 4.79 Å². The van der Waals surface area contributed by atoms with Crippen LogP contribution < -0.4 is 16.4 Å². The summed E-state index contributed by atoms with van der Waals surface area (Å²) in [5, 5.41) is 4.85. The largest absolute Gasteiger partial charge is 0.468 e. The average Bonchev–Trinajstić information content (AvgIpc) is 2.77. The summed E-state index contributed by atoms with van der Waals surface area (Å²) < 4.78 is 9.83. The highest BCUT2D eigenvalue weighted by atomic mass is 16.6. The van der Waals surface area contributed by atoms with Crippen LogP contribution >= 0.6 is 0 Å². The van der Waals surface area contributed by atoms with Gasteiger partial charge in [-0.3, -0.25) is 19.2 Å². The van der Waals surface area contributed by atoms with E-state index in [0.29, 0.717) is 11.1 Å². The van der Waals surface area contributed by atoms with Crippen LogP contribution in [0.3, 0.4) is 0 Å². The maximum absolute atomic E-state index is 14.0. The summed E-state index contributed by atoms with van der Waals surface area (Å²) in [6.07, 6.45) is 4.17. The standard InChI is InChI=1S/C26H36N4O7/c1-9-16-12-10-11-13-17(16)21(22(33)28-15-20(32)36-8)30(25(2,3)4)23(34)18(14-19(27)31)29-24(35)37-26(5,6)7/h1,10-13,18,21H,14-15H2,2-8H3,(H2,27,31)(H,28,33)(H,29,35). The van der Waals surface area contributed by atoms with Gasteiger partial charge in [-0.1, -0.05) is 24.1 Å². The number of amides is 4. The molecule has 1 aromatic rings. The quantitative estimate of drug-likeness (QED) is 0.331. The van der Waals surface area contributed by atoms with Gasteiger partial charge in [0.05, 0.1) is 13.5 Å². The molecule has 0 spiro atoms. The summed E-state index contributed by atoms with van der Waals surface area (Å²) in [6, 6.07) is 3.68. The molecule has 0 aliphatic carbocycles. The highest BCUT2D eigenvalue weighted by molar-refractivity contribution is 5.95. The van der Waals surface area contributed by atoms with Crippen molar-refractivity contribution in [3.63, 3.8) is 0 Å². The summed E-state index contributed by atoms with van der Waals surface area (Å²) >= 11 is 0. The number of hydrogen-bond acceptors (Lipinski definition) is 7. The number of rotatable bonds is 9. The van der Waals surface area contributed by atoms with Crippen LogP contribution in [-0.4, -0.2) is 65.5 Å². The third kappa shape index (κ3) is 9.48. The zero-order valence-corrected chi connectivity index (χ0v) is 22.3. The van der Waals surface area contributed by atoms with E-state index in [9.17, 15) is 24.0 Å². The predicted molar refractivity (Wildman–Crippen MR) is 136 cm³/mol. The van der Waals surface area contributed by atoms with Crippen LogP contribution in [0.2, 0.25) is 0 Å². The number of esters is 1. The van der Waals surface area contributed by atoms with Gasteiger partial charge in [0.15, 0.2) is 0 Å². The molecule has 0 saturated carbocycles. The molecule has 0 fully saturated rings. The van der Waals surface area contributed by atoms with Crippen molar-refractivity contribution in [1.29, 1.82) is 0 Å². The van der Waals surface area contributed by atoms with Crippen LogP contribution in [0.15, 0.2) is 24.3 Å². The average molecular weight is 517 g/mol. The maximum Gasteiger partial charge on any atom is 0.408 e. The Morgan fingerprint density at radius 1 is 1.08 bits per heavy atom. The predicted octanol–water partition coefficient (Wildman–Crippen LogP) is 1.39. The Hall–Kier alpha value is -4.07. The highest BCUT2D eigenvalue weighted by Crippen LogP contribution is 2.32. The van der Waals surface area contributed by atoms with Gasteiger partial charge in [0, 0.05) is 11.1 Å². The smallest absolute Gasteiger partial charge is 0.408 e. The van der Waals surface area contributed by atoms with Gasteiger partial charge in [0.1, 0.15) is 24.2 Å². The Labute approximate surface area is 217 Å². The normalized spacial score (nSPS) is 12.8. The highest BCUT2D eigenvalue weighted by Gasteiger charge is 2.43. The van der Waals surface area contributed by atoms with Crippen molar-refractivity contribution in [2.75, 3.05) is 13.7 Å². The lowest BCUT2D eigenvalue weighted by molar-refractivity contribution is -0.150. The second kappa shape index (κ2) is 12.8. The van der Waals surface area contributed by atoms with Crippen molar-refractivity contribution in [2.45, 2.75) is 71.2 Å². The molecule has 0 aliphatic heterocycles. The van der Waals surface area contributed by atoms with E-state index in [1.165, 1.54) is 12.0 Å². The second-order valence-electron chi connectivity index (χ2n) is 10.2. The minimum absolute atomic E-state index is 0.297. The lowest BCUT2D eigenvalue weighted by atomic mass is 9.92. The van der Waals surface area contributed by atoms with Crippen LogP contribution in [0.25, 0.3) is 0 Å². The van der Waals surface area contributed by atoms with E-state index >= 15 is 0 Å². The van der Waals surface area contributed by atoms with Crippen LogP contribution in [0.5, 0.6) is 0 Å². The molecule has 4 N–H and O–H groups in total. The molecule has 11 heteroatoms. The molecule has 0 radical (unpaired) electrons. The van der Waals surface area contributed by atoms with Gasteiger partial charge < -0.3 is 30.7 Å². The van der Waals surface area contributed by atoms with Crippen molar-refractivity contribution in [3.05, 3.63) is 35.4 Å². The Morgan fingerprint density at radius 2 is 1.68 bits per heavy atom. The Bertz CT molecular complexity index is 1060. The van der Waals surface area contributed by atoms with Crippen molar-refractivity contribution in [2.24, 2.45) is 5.73 Å². The van der Waals surface area contributed by atoms with Crippen molar-refractivity contribution in [1.82, 2.24) is 15.5 Å². The van der Waals surface area contributed by atoms with E-state index in [0.717, 1.165) is 0 Å². The molecule has 2 atom stereocenters. The number of nitrogens with one attached hydrogen (secondary N) is 2. The summed E-state index contributed by atoms with van der Waals surface area (Å²) in [7, 11) is 1.17. The number of ether oxygens (including phenoxy) is 2. The van der Waals surface area contributed by atoms with Gasteiger partial charge in [0.25, 0.3) is 0 Å². The fourth-order valence-electron chi connectivity index (χ4n) is 3.46. The fraction of sp³-hybridized carbons (Fsp3) is 0.500. The van der Waals surface area contributed by atoms with Gasteiger partial charge in [-0.25, -0.2) is 4.79 Å². The molecule has 4 amide bonds. The first-order valence-electron chi connectivity index (χ1n) is 11.5. The summed E-state index contributed by atoms with van der Waals surface area (Å²) in [5.41, 5.74) is 4.08. The third-order valence-corrected chi connectivity index (χ3v) is 4.91. The van der Waals surface area contributed by atoms with E-state index in [-0.39, 0.29) is 0 Å². The number of carbonyl (C=O) groups is 5. The van der Waals surface area contributed by atoms with Crippen molar-refractivity contribution >= 4 is 29.8 Å². The molecule has 2 unspecified atom stereocenters. The van der Waals surface area contributed by atoms with Gasteiger partial charge in [-0.15, -0.1) is 6.42 Å². The number of nitrogens with zero attached hydrogens (tertiary/aromatic N) is 1. The zero-order chi connectivity index (χ0) is 28.6. The molecule has 0 saturated heterocycles. The minimum atomic E-state index is -1.46. The lowest BCUT2D eigenvalue weighted by Crippen LogP contribution is -2.59. The van der Waals surface area contributed by atoms with Gasteiger partial charge >= 0.3 is 12.1 Å². The molecule has 11 nitrogen and oxygen atoms in total. The van der Waals surface area contributed by atoms with Gasteiger partial charge in [-0.05, 0) is 53.2 Å². The van der Waals surface area contributed by atoms with E-state index in [1.807, 2.05) is 0 Å². The zero-order valence-electron chi connectivity index (χ0n) is 22.3. The Morgan fingerprint density at radius 3 is 2.16 bits per heavy atom. The molecule has 0 aromatic heterocycles. The number of methoxy groups -OCH3 is 1. The number of alkyl carbamates (subject to hydrolysis) is 1. The minimum Gasteiger partial charge on any atom is -0.468 e. The van der Waals surface area contributed by atoms with Crippen LogP contribution in [0, 0.1) is 12.3 Å². The molecule has 1 rings (SSSR count). The second-order valence-corrected chi connectivity index (χ2v) is 10.2. The van der Waals surface area contributed by atoms with E-state index in [4.69, 9.17) is 16.9 Å². The molecule has 202 valence electrons. The third-order valence-electron chi connectivity index (χ3n) is 4.91. The van der Waals surface area contributed by atoms with Crippen molar-refractivity contribution < 1.29 is 33.4 Å². The molecule has 1 aromatic carbocycles. The topological polar surface area (TPSA) is 157 Å². The monoisotopic (exact) mass is 516 g/mol.